The van der Waals surface area contributed by atoms with Crippen LogP contribution in [0, 0.1) is 0 Å². The zero-order chi connectivity index (χ0) is 83.9. The molecular formula is C90H176N2O23. The molecule has 0 amide bonds. The van der Waals surface area contributed by atoms with E-state index in [-0.39, 0.29) is 61.7 Å². The summed E-state index contributed by atoms with van der Waals surface area (Å²) in [6.07, 6.45) is 44.6. The minimum atomic E-state index is -0.764. The Kier molecular flexibility index (Phi) is 88.9. The normalized spacial score (nSPS) is 14.3. The van der Waals surface area contributed by atoms with Crippen LogP contribution in [0.5, 0.6) is 0 Å². The topological polar surface area (TPSA) is 256 Å². The van der Waals surface area contributed by atoms with Gasteiger partial charge in [0.05, 0.1) is 260 Å². The van der Waals surface area contributed by atoms with Crippen LogP contribution < -0.4 is 0 Å². The third kappa shape index (κ3) is 90.6. The van der Waals surface area contributed by atoms with Crippen molar-refractivity contribution in [1.29, 1.82) is 0 Å². The largest absolute Gasteiger partial charge is 0.481 e. The molecule has 0 aromatic heterocycles. The Morgan fingerprint density at radius 2 is 0.426 bits per heavy atom. The van der Waals surface area contributed by atoms with E-state index in [9.17, 15) is 19.8 Å². The Labute approximate surface area is 700 Å². The van der Waals surface area contributed by atoms with E-state index in [1.165, 1.54) is 167 Å². The molecule has 0 aliphatic carbocycles. The first-order valence-corrected chi connectivity index (χ1v) is 45.6. The van der Waals surface area contributed by atoms with Gasteiger partial charge in [0.1, 0.15) is 0 Å². The maximum absolute atomic E-state index is 11.2. The number of ether oxygens (including phenoxy) is 19. The maximum atomic E-state index is 11.2. The number of carbonyl (C=O) groups is 2. The van der Waals surface area contributed by atoms with Crippen LogP contribution in [0.3, 0.4) is 0 Å². The lowest BCUT2D eigenvalue weighted by Crippen LogP contribution is -2.31. The average molecular weight is 1650 g/mol. The maximum Gasteiger partial charge on any atom is 0.304 e. The zero-order valence-corrected chi connectivity index (χ0v) is 75.0. The van der Waals surface area contributed by atoms with E-state index < -0.39 is 11.9 Å². The number of aliphatic carboxylic acids is 2. The van der Waals surface area contributed by atoms with Crippen LogP contribution >= 0.6 is 0 Å². The third-order valence-electron chi connectivity index (χ3n) is 19.0. The molecule has 0 spiro atoms. The molecular weight excluding hydrogens is 1480 g/mol. The third-order valence-corrected chi connectivity index (χ3v) is 19.0. The van der Waals surface area contributed by atoms with E-state index in [0.29, 0.717) is 211 Å². The van der Waals surface area contributed by atoms with Gasteiger partial charge < -0.3 is 110 Å². The van der Waals surface area contributed by atoms with Crippen molar-refractivity contribution in [3.8, 4) is 0 Å². The molecule has 8 atom stereocenters. The molecule has 684 valence electrons. The molecule has 0 rings (SSSR count). The summed E-state index contributed by atoms with van der Waals surface area (Å²) in [6, 6.07) is 0. The van der Waals surface area contributed by atoms with E-state index in [2.05, 4.69) is 48.0 Å². The summed E-state index contributed by atoms with van der Waals surface area (Å²) in [6.45, 7) is 38.8. The van der Waals surface area contributed by atoms with Crippen molar-refractivity contribution >= 4 is 11.9 Å². The van der Waals surface area contributed by atoms with Gasteiger partial charge in [-0.3, -0.25) is 9.59 Å². The van der Waals surface area contributed by atoms with E-state index >= 15 is 0 Å². The number of hydrogen-bond donors (Lipinski definition) is 2. The van der Waals surface area contributed by atoms with Crippen LogP contribution in [0.4, 0.5) is 0 Å². The van der Waals surface area contributed by atoms with Gasteiger partial charge in [-0.1, -0.05) is 154 Å². The van der Waals surface area contributed by atoms with Crippen molar-refractivity contribution in [1.82, 2.24) is 9.80 Å². The fourth-order valence-corrected chi connectivity index (χ4v) is 11.9. The highest BCUT2D eigenvalue weighted by Gasteiger charge is 2.17. The van der Waals surface area contributed by atoms with Gasteiger partial charge in [0.2, 0.25) is 0 Å². The first-order chi connectivity index (χ1) is 56.1. The average Bonchev–Trinajstić information content (AvgIpc) is 0.923. The summed E-state index contributed by atoms with van der Waals surface area (Å²) in [4.78, 5) is 26.9. The summed E-state index contributed by atoms with van der Waals surface area (Å²) in [5.41, 5.74) is 0. The Morgan fingerprint density at radius 1 is 0.226 bits per heavy atom. The quantitative estimate of drug-likeness (QED) is 0.0424. The molecule has 0 fully saturated rings. The van der Waals surface area contributed by atoms with Crippen molar-refractivity contribution < 1.29 is 110 Å². The van der Waals surface area contributed by atoms with Gasteiger partial charge in [-0.05, 0) is 133 Å². The molecule has 115 heavy (non-hydrogen) atoms. The molecule has 0 saturated carbocycles. The predicted molar refractivity (Wildman–Crippen MR) is 459 cm³/mol. The van der Waals surface area contributed by atoms with Crippen molar-refractivity contribution in [3.63, 3.8) is 0 Å². The van der Waals surface area contributed by atoms with Crippen LogP contribution in [-0.4, -0.2) is 318 Å². The number of carboxylic acid groups (broad SMARTS) is 2. The fourth-order valence-electron chi connectivity index (χ4n) is 11.9. The monoisotopic (exact) mass is 1650 g/mol. The van der Waals surface area contributed by atoms with Crippen LogP contribution in [0.25, 0.3) is 0 Å². The Bertz CT molecular complexity index is 2030. The molecule has 0 saturated heterocycles. The Hall–Kier alpha value is -2.42. The summed E-state index contributed by atoms with van der Waals surface area (Å²) in [5, 5.41) is 18.5. The summed E-state index contributed by atoms with van der Waals surface area (Å²) in [7, 11) is 0. The lowest BCUT2D eigenvalue weighted by molar-refractivity contribution is -0.138. The number of hydrogen-bond acceptors (Lipinski definition) is 23. The van der Waals surface area contributed by atoms with E-state index in [4.69, 9.17) is 90.0 Å². The molecule has 0 radical (unpaired) electrons. The number of rotatable bonds is 98. The summed E-state index contributed by atoms with van der Waals surface area (Å²) < 4.78 is 110. The van der Waals surface area contributed by atoms with Gasteiger partial charge in [0, 0.05) is 26.2 Å². The number of carboxylic acids is 2. The highest BCUT2D eigenvalue weighted by molar-refractivity contribution is 5.67. The highest BCUT2D eigenvalue weighted by Crippen LogP contribution is 2.15. The first kappa shape index (κ1) is 113. The van der Waals surface area contributed by atoms with Crippen molar-refractivity contribution in [3.05, 3.63) is 24.3 Å². The summed E-state index contributed by atoms with van der Waals surface area (Å²) in [5.74, 6) is -1.53. The second kappa shape index (κ2) is 90.8. The molecule has 2 N–H and O–H groups in total. The predicted octanol–water partition coefficient (Wildman–Crippen LogP) is 16.0. The highest BCUT2D eigenvalue weighted by atomic mass is 16.6. The van der Waals surface area contributed by atoms with E-state index in [1.807, 2.05) is 55.4 Å². The molecule has 25 nitrogen and oxygen atoms in total. The van der Waals surface area contributed by atoms with Gasteiger partial charge in [-0.15, -0.1) is 0 Å². The lowest BCUT2D eigenvalue weighted by Gasteiger charge is -2.23. The van der Waals surface area contributed by atoms with Gasteiger partial charge in [-0.25, -0.2) is 0 Å². The van der Waals surface area contributed by atoms with E-state index in [1.54, 1.807) is 0 Å². The van der Waals surface area contributed by atoms with Crippen LogP contribution in [0.1, 0.15) is 262 Å². The minimum absolute atomic E-state index is 0.0966. The van der Waals surface area contributed by atoms with E-state index in [0.717, 1.165) is 39.0 Å². The number of unbranched alkanes of at least 4 members (excludes halogenated alkanes) is 24. The standard InChI is InChI=1S/C90H176N2O23/c1-11-13-15-17-19-21-23-25-27-29-31-33-35-37-39-41-45-91(47-43-89(93)94)49-51-97-53-55-99-57-59-101-61-62-103-65-66-105-69-70-107-73-81(3)109-75-83(5)111-77-85(7)113-79-87(9)115-80-88(10)114-78-86(8)112-76-84(6)110-74-82(4)108-72-71-106-68-67-104-64-63-102-60-58-100-56-54-98-52-50-92(48-44-90(95)96)46-42-40-38-36-34-32-30-28-26-24-22-20-18-16-14-12-2/h25-28,81-88H,11-24,29-80H2,1-10H3,(H,93,94)(H,95,96). The molecule has 0 aliphatic rings. The molecule has 0 bridgehead atoms. The van der Waals surface area contributed by atoms with Gasteiger partial charge >= 0.3 is 11.9 Å². The Balaban J connectivity index is 3.73. The fraction of sp³-hybridized carbons (Fsp3) is 0.933. The second-order valence-electron chi connectivity index (χ2n) is 30.7. The number of nitrogens with zero attached hydrogens (tertiary/aromatic N) is 2. The van der Waals surface area contributed by atoms with Crippen molar-refractivity contribution in [2.45, 2.75) is 311 Å². The summed E-state index contributed by atoms with van der Waals surface area (Å²) >= 11 is 0. The van der Waals surface area contributed by atoms with Crippen molar-refractivity contribution in [2.24, 2.45) is 0 Å². The number of allylic oxidation sites excluding steroid dienone is 4. The second-order valence-corrected chi connectivity index (χ2v) is 30.7. The molecule has 0 aliphatic heterocycles. The smallest absolute Gasteiger partial charge is 0.304 e. The van der Waals surface area contributed by atoms with Gasteiger partial charge in [-0.2, -0.15) is 0 Å². The zero-order valence-electron chi connectivity index (χ0n) is 75.0. The molecule has 0 heterocycles. The van der Waals surface area contributed by atoms with Crippen LogP contribution in [0.15, 0.2) is 24.3 Å². The lowest BCUT2D eigenvalue weighted by atomic mass is 10.1. The van der Waals surface area contributed by atoms with Crippen LogP contribution in [-0.2, 0) is 99.6 Å². The molecule has 0 aromatic rings. The van der Waals surface area contributed by atoms with Crippen molar-refractivity contribution in [2.75, 3.05) is 237 Å². The SMILES string of the molecule is CCCCCCCCC=CCCCCCCCCN(CCOCCOCCOCCOCCOCCOCC(C)OCC(C)OCC(C)OCC(C)OCC(C)OCC(C)OCC(C)OCC(C)OCCOCCOCCOCCOCCOCCN(CCCCCCCCC=CCCCCCCCC)CCC(=O)O)CCC(=O)O. The molecule has 8 unspecified atom stereocenters. The minimum Gasteiger partial charge on any atom is -0.481 e. The van der Waals surface area contributed by atoms with Gasteiger partial charge in [0.15, 0.2) is 0 Å². The molecule has 25 heteroatoms. The van der Waals surface area contributed by atoms with Crippen LogP contribution in [0.2, 0.25) is 0 Å². The van der Waals surface area contributed by atoms with Gasteiger partial charge in [0.25, 0.3) is 0 Å². The Morgan fingerprint density at radius 3 is 0.678 bits per heavy atom. The first-order valence-electron chi connectivity index (χ1n) is 45.6. The molecule has 0 aromatic carbocycles.